The van der Waals surface area contributed by atoms with Crippen LogP contribution in [0.25, 0.3) is 0 Å². The minimum absolute atomic E-state index is 0.436. The summed E-state index contributed by atoms with van der Waals surface area (Å²) in [5.74, 6) is 2.00. The van der Waals surface area contributed by atoms with Gasteiger partial charge in [0.25, 0.3) is 0 Å². The van der Waals surface area contributed by atoms with Crippen LogP contribution in [0.15, 0.2) is 71.6 Å². The molecule has 1 aliphatic carbocycles. The minimum Gasteiger partial charge on any atom is -0.496 e. The van der Waals surface area contributed by atoms with Gasteiger partial charge in [0.1, 0.15) is 11.5 Å². The number of rotatable bonds is 9. The Bertz CT molecular complexity index is 1570. The standard InChI is InChI=1S/C41H50O2P2/c1-25-15-26(2)18-34(17-25)44(35-19-27(3)16-28(4)20-35)33(9)38-13-12-14-39(38)45(36-21-29(5)40(42-10)30(6)22-36)37-23-31(7)41(43-11)32(8)24-37/h15-24,33H,12-14H2,1-11H3/t33-/m0/s1. The molecule has 0 radical (unpaired) electrons. The summed E-state index contributed by atoms with van der Waals surface area (Å²) in [5.41, 5.74) is 12.4. The van der Waals surface area contributed by atoms with E-state index in [9.17, 15) is 0 Å². The number of methoxy groups -OCH3 is 2. The van der Waals surface area contributed by atoms with E-state index in [1.165, 1.54) is 78.6 Å². The van der Waals surface area contributed by atoms with Crippen molar-refractivity contribution in [2.24, 2.45) is 0 Å². The lowest BCUT2D eigenvalue weighted by Gasteiger charge is -2.31. The molecule has 0 aromatic heterocycles. The summed E-state index contributed by atoms with van der Waals surface area (Å²) in [6.07, 6.45) is 3.55. The lowest BCUT2D eigenvalue weighted by Crippen LogP contribution is -2.23. The zero-order chi connectivity index (χ0) is 32.6. The molecule has 1 atom stereocenters. The zero-order valence-corrected chi connectivity index (χ0v) is 31.0. The van der Waals surface area contributed by atoms with Crippen LogP contribution in [0.3, 0.4) is 0 Å². The highest BCUT2D eigenvalue weighted by molar-refractivity contribution is 7.77. The van der Waals surface area contributed by atoms with Crippen LogP contribution >= 0.6 is 15.8 Å². The molecule has 1 aliphatic rings. The van der Waals surface area contributed by atoms with Crippen LogP contribution in [0.5, 0.6) is 11.5 Å². The molecule has 5 rings (SSSR count). The number of allylic oxidation sites excluding steroid dienone is 2. The van der Waals surface area contributed by atoms with Gasteiger partial charge in [-0.1, -0.05) is 71.1 Å². The van der Waals surface area contributed by atoms with E-state index in [0.29, 0.717) is 5.66 Å². The third kappa shape index (κ3) is 6.94. The molecule has 4 aromatic rings. The van der Waals surface area contributed by atoms with E-state index in [1.807, 2.05) is 0 Å². The normalized spacial score (nSPS) is 14.1. The first kappa shape index (κ1) is 33.4. The van der Waals surface area contributed by atoms with Crippen molar-refractivity contribution < 1.29 is 9.47 Å². The maximum Gasteiger partial charge on any atom is 0.124 e. The Hall–Kier alpha value is -2.92. The molecule has 0 N–H and O–H groups in total. The van der Waals surface area contributed by atoms with Gasteiger partial charge in [0.15, 0.2) is 0 Å². The van der Waals surface area contributed by atoms with E-state index in [2.05, 4.69) is 123 Å². The second kappa shape index (κ2) is 13.8. The van der Waals surface area contributed by atoms with Crippen molar-refractivity contribution in [3.8, 4) is 11.5 Å². The molecular weight excluding hydrogens is 586 g/mol. The molecule has 0 fully saturated rings. The summed E-state index contributed by atoms with van der Waals surface area (Å²) < 4.78 is 11.6. The van der Waals surface area contributed by atoms with Gasteiger partial charge >= 0.3 is 0 Å². The summed E-state index contributed by atoms with van der Waals surface area (Å²) in [6, 6.07) is 24.0. The predicted octanol–water partition coefficient (Wildman–Crippen LogP) is 9.56. The predicted molar refractivity (Wildman–Crippen MR) is 199 cm³/mol. The molecule has 4 heteroatoms. The Morgan fingerprint density at radius 2 is 0.889 bits per heavy atom. The average Bonchev–Trinajstić information content (AvgIpc) is 3.41. The summed E-state index contributed by atoms with van der Waals surface area (Å²) in [7, 11) is 2.24. The Morgan fingerprint density at radius 3 is 1.24 bits per heavy atom. The number of hydrogen-bond donors (Lipinski definition) is 0. The number of ether oxygens (including phenoxy) is 2. The summed E-state index contributed by atoms with van der Waals surface area (Å²) in [6.45, 7) is 20.3. The van der Waals surface area contributed by atoms with E-state index in [-0.39, 0.29) is 0 Å². The molecule has 2 nitrogen and oxygen atoms in total. The smallest absolute Gasteiger partial charge is 0.124 e. The van der Waals surface area contributed by atoms with Gasteiger partial charge in [-0.2, -0.15) is 0 Å². The van der Waals surface area contributed by atoms with Crippen LogP contribution in [0.2, 0.25) is 0 Å². The quantitative estimate of drug-likeness (QED) is 0.170. The summed E-state index contributed by atoms with van der Waals surface area (Å²) in [4.78, 5) is 0. The Kier molecular flexibility index (Phi) is 10.3. The molecule has 0 saturated heterocycles. The molecule has 0 saturated carbocycles. The molecule has 45 heavy (non-hydrogen) atoms. The van der Waals surface area contributed by atoms with Gasteiger partial charge in [-0.25, -0.2) is 0 Å². The lowest BCUT2D eigenvalue weighted by atomic mass is 10.1. The first-order valence-corrected chi connectivity index (χ1v) is 19.0. The van der Waals surface area contributed by atoms with Gasteiger partial charge in [-0.3, -0.25) is 0 Å². The second-order valence-electron chi connectivity index (χ2n) is 13.1. The van der Waals surface area contributed by atoms with E-state index >= 15 is 0 Å². The second-order valence-corrected chi connectivity index (χ2v) is 17.9. The van der Waals surface area contributed by atoms with Crippen LogP contribution in [-0.4, -0.2) is 19.9 Å². The molecular formula is C41H50O2P2. The average molecular weight is 637 g/mol. The number of benzene rings is 4. The molecule has 0 heterocycles. The van der Waals surface area contributed by atoms with Crippen molar-refractivity contribution in [1.29, 1.82) is 0 Å². The Morgan fingerprint density at radius 1 is 0.511 bits per heavy atom. The molecule has 0 spiro atoms. The fourth-order valence-corrected chi connectivity index (χ4v) is 14.1. The van der Waals surface area contributed by atoms with Gasteiger partial charge < -0.3 is 9.47 Å². The van der Waals surface area contributed by atoms with Crippen molar-refractivity contribution in [3.63, 3.8) is 0 Å². The van der Waals surface area contributed by atoms with Crippen molar-refractivity contribution in [1.82, 2.24) is 0 Å². The third-order valence-electron chi connectivity index (χ3n) is 9.18. The fourth-order valence-electron chi connectivity index (χ4n) is 7.61. The number of aryl methyl sites for hydroxylation is 8. The molecule has 0 bridgehead atoms. The molecule has 0 aliphatic heterocycles. The van der Waals surface area contributed by atoms with Crippen molar-refractivity contribution in [3.05, 3.63) is 116 Å². The largest absolute Gasteiger partial charge is 0.496 e. The van der Waals surface area contributed by atoms with Crippen LogP contribution < -0.4 is 30.7 Å². The van der Waals surface area contributed by atoms with Gasteiger partial charge in [-0.15, -0.1) is 0 Å². The minimum atomic E-state index is -0.732. The third-order valence-corrected chi connectivity index (χ3v) is 14.5. The number of hydrogen-bond acceptors (Lipinski definition) is 2. The highest BCUT2D eigenvalue weighted by atomic mass is 31.1. The van der Waals surface area contributed by atoms with Crippen LogP contribution in [0.4, 0.5) is 0 Å². The zero-order valence-electron chi connectivity index (χ0n) is 29.2. The van der Waals surface area contributed by atoms with Gasteiger partial charge in [0, 0.05) is 5.66 Å². The first-order chi connectivity index (χ1) is 21.4. The van der Waals surface area contributed by atoms with E-state index in [0.717, 1.165) is 17.9 Å². The molecule has 236 valence electrons. The first-order valence-electron chi connectivity index (χ1n) is 16.2. The molecule has 0 unspecified atom stereocenters. The maximum absolute atomic E-state index is 5.82. The molecule has 4 aromatic carbocycles. The van der Waals surface area contributed by atoms with E-state index < -0.39 is 15.8 Å². The Balaban J connectivity index is 1.76. The SMILES string of the molecule is COc1c(C)cc(P(C2=C([C@H](C)P(c3cc(C)cc(C)c3)c3cc(C)cc(C)c3)CCC2)c2cc(C)c(OC)c(C)c2)cc1C. The van der Waals surface area contributed by atoms with Gasteiger partial charge in [-0.05, 0) is 164 Å². The van der Waals surface area contributed by atoms with E-state index in [4.69, 9.17) is 9.47 Å². The van der Waals surface area contributed by atoms with Gasteiger partial charge in [0.05, 0.1) is 14.2 Å². The van der Waals surface area contributed by atoms with Crippen LogP contribution in [0, 0.1) is 55.4 Å². The highest BCUT2D eigenvalue weighted by Crippen LogP contribution is 2.56. The maximum atomic E-state index is 5.82. The van der Waals surface area contributed by atoms with Crippen LogP contribution in [0.1, 0.15) is 70.7 Å². The van der Waals surface area contributed by atoms with Crippen molar-refractivity contribution in [2.75, 3.05) is 14.2 Å². The summed E-state index contributed by atoms with van der Waals surface area (Å²) >= 11 is 0. The van der Waals surface area contributed by atoms with Crippen molar-refractivity contribution >= 4 is 37.1 Å². The molecule has 0 amide bonds. The monoisotopic (exact) mass is 636 g/mol. The van der Waals surface area contributed by atoms with Gasteiger partial charge in [0.2, 0.25) is 0 Å². The van der Waals surface area contributed by atoms with Crippen molar-refractivity contribution in [2.45, 2.75) is 87.2 Å². The topological polar surface area (TPSA) is 18.5 Å². The summed E-state index contributed by atoms with van der Waals surface area (Å²) in [5, 5.41) is 7.51. The fraction of sp³-hybridized carbons (Fsp3) is 0.366. The van der Waals surface area contributed by atoms with Crippen LogP contribution in [-0.2, 0) is 0 Å². The Labute approximate surface area is 274 Å². The lowest BCUT2D eigenvalue weighted by molar-refractivity contribution is 0.408. The van der Waals surface area contributed by atoms with E-state index in [1.54, 1.807) is 25.1 Å². The highest BCUT2D eigenvalue weighted by Gasteiger charge is 2.33.